The fraction of sp³-hybridized carbons (Fsp3) is 0.500. The fourth-order valence-electron chi connectivity index (χ4n) is 1.79. The van der Waals surface area contributed by atoms with Gasteiger partial charge in [-0.3, -0.25) is 4.90 Å². The van der Waals surface area contributed by atoms with E-state index < -0.39 is 5.97 Å². The summed E-state index contributed by atoms with van der Waals surface area (Å²) >= 11 is 0. The molecule has 1 rings (SSSR count). The van der Waals surface area contributed by atoms with E-state index in [1.807, 2.05) is 19.2 Å². The van der Waals surface area contributed by atoms with Crippen LogP contribution in [0.5, 0.6) is 0 Å². The van der Waals surface area contributed by atoms with Gasteiger partial charge < -0.3 is 5.11 Å². The smallest absolute Gasteiger partial charge is 0.336 e. The Balaban J connectivity index is 2.84. The number of aromatic carboxylic acids is 1. The zero-order valence-electron chi connectivity index (χ0n) is 11.0. The first-order chi connectivity index (χ1) is 7.93. The Bertz CT molecular complexity index is 388. The largest absolute Gasteiger partial charge is 0.478 e. The predicted molar refractivity (Wildman–Crippen MR) is 69.2 cm³/mol. The van der Waals surface area contributed by atoms with Gasteiger partial charge in [-0.1, -0.05) is 32.0 Å². The van der Waals surface area contributed by atoms with Gasteiger partial charge in [0.2, 0.25) is 0 Å². The molecule has 1 unspecified atom stereocenters. The maximum Gasteiger partial charge on any atom is 0.336 e. The van der Waals surface area contributed by atoms with E-state index in [9.17, 15) is 4.79 Å². The van der Waals surface area contributed by atoms with Crippen LogP contribution in [0.1, 0.15) is 36.7 Å². The summed E-state index contributed by atoms with van der Waals surface area (Å²) in [5.74, 6) is -0.303. The first kappa shape index (κ1) is 13.7. The monoisotopic (exact) mass is 235 g/mol. The van der Waals surface area contributed by atoms with Crippen LogP contribution in [-0.2, 0) is 6.54 Å². The summed E-state index contributed by atoms with van der Waals surface area (Å²) in [5.41, 5.74) is 1.27. The van der Waals surface area contributed by atoms with E-state index in [2.05, 4.69) is 25.7 Å². The normalized spacial score (nSPS) is 13.1. The lowest BCUT2D eigenvalue weighted by Gasteiger charge is -2.28. The van der Waals surface area contributed by atoms with Crippen molar-refractivity contribution in [3.05, 3.63) is 35.4 Å². The molecule has 1 aromatic carbocycles. The van der Waals surface area contributed by atoms with Crippen LogP contribution in [0, 0.1) is 5.92 Å². The van der Waals surface area contributed by atoms with E-state index in [0.717, 1.165) is 5.56 Å². The van der Waals surface area contributed by atoms with Crippen molar-refractivity contribution in [1.82, 2.24) is 4.90 Å². The zero-order chi connectivity index (χ0) is 13.0. The van der Waals surface area contributed by atoms with Crippen molar-refractivity contribution in [2.24, 2.45) is 5.92 Å². The molecule has 0 saturated heterocycles. The van der Waals surface area contributed by atoms with Crippen molar-refractivity contribution >= 4 is 5.97 Å². The Hall–Kier alpha value is -1.35. The molecule has 17 heavy (non-hydrogen) atoms. The molecule has 0 fully saturated rings. The van der Waals surface area contributed by atoms with Gasteiger partial charge in [0.1, 0.15) is 0 Å². The molecule has 0 spiro atoms. The van der Waals surface area contributed by atoms with E-state index in [-0.39, 0.29) is 0 Å². The van der Waals surface area contributed by atoms with Crippen molar-refractivity contribution in [2.75, 3.05) is 7.05 Å². The topological polar surface area (TPSA) is 40.5 Å². The van der Waals surface area contributed by atoms with Crippen LogP contribution < -0.4 is 0 Å². The Morgan fingerprint density at radius 1 is 1.29 bits per heavy atom. The lowest BCUT2D eigenvalue weighted by atomic mass is 10.0. The number of hydrogen-bond acceptors (Lipinski definition) is 2. The summed E-state index contributed by atoms with van der Waals surface area (Å²) in [7, 11) is 2.03. The summed E-state index contributed by atoms with van der Waals surface area (Å²) < 4.78 is 0. The Morgan fingerprint density at radius 2 is 1.88 bits per heavy atom. The van der Waals surface area contributed by atoms with E-state index in [1.54, 1.807) is 12.1 Å². The number of carbonyl (C=O) groups is 1. The second-order valence-corrected chi connectivity index (χ2v) is 4.86. The van der Waals surface area contributed by atoms with Gasteiger partial charge in [0, 0.05) is 12.6 Å². The third kappa shape index (κ3) is 3.56. The zero-order valence-corrected chi connectivity index (χ0v) is 11.0. The van der Waals surface area contributed by atoms with Gasteiger partial charge in [-0.2, -0.15) is 0 Å². The summed E-state index contributed by atoms with van der Waals surface area (Å²) in [5, 5.41) is 9.11. The molecule has 1 aromatic rings. The quantitative estimate of drug-likeness (QED) is 0.853. The van der Waals surface area contributed by atoms with Crippen molar-refractivity contribution in [1.29, 1.82) is 0 Å². The number of carboxylic acids is 1. The minimum absolute atomic E-state index is 0.398. The highest BCUT2D eigenvalue weighted by atomic mass is 16.4. The molecule has 0 radical (unpaired) electrons. The average molecular weight is 235 g/mol. The summed E-state index contributed by atoms with van der Waals surface area (Å²) in [4.78, 5) is 13.3. The number of carboxylic acid groups (broad SMARTS) is 1. The van der Waals surface area contributed by atoms with Crippen LogP contribution in [-0.4, -0.2) is 29.1 Å². The molecule has 94 valence electrons. The number of hydrogen-bond donors (Lipinski definition) is 1. The summed E-state index contributed by atoms with van der Waals surface area (Å²) in [6.07, 6.45) is 0. The second kappa shape index (κ2) is 5.82. The molecule has 0 saturated carbocycles. The van der Waals surface area contributed by atoms with Crippen molar-refractivity contribution < 1.29 is 9.90 Å². The highest BCUT2D eigenvalue weighted by Gasteiger charge is 2.16. The molecule has 0 aromatic heterocycles. The van der Waals surface area contributed by atoms with Crippen molar-refractivity contribution in [3.63, 3.8) is 0 Å². The van der Waals surface area contributed by atoms with Crippen molar-refractivity contribution in [2.45, 2.75) is 33.4 Å². The minimum Gasteiger partial charge on any atom is -0.478 e. The third-order valence-electron chi connectivity index (χ3n) is 3.33. The lowest BCUT2D eigenvalue weighted by molar-refractivity contribution is 0.0694. The van der Waals surface area contributed by atoms with E-state index in [0.29, 0.717) is 24.1 Å². The number of nitrogens with zero attached hydrogens (tertiary/aromatic N) is 1. The molecule has 0 heterocycles. The maximum absolute atomic E-state index is 11.1. The van der Waals surface area contributed by atoms with Gasteiger partial charge in [-0.25, -0.2) is 4.79 Å². The highest BCUT2D eigenvalue weighted by molar-refractivity contribution is 5.89. The van der Waals surface area contributed by atoms with Crippen LogP contribution in [0.15, 0.2) is 24.3 Å². The molecule has 0 bridgehead atoms. The van der Waals surface area contributed by atoms with Gasteiger partial charge >= 0.3 is 5.97 Å². The van der Waals surface area contributed by atoms with Crippen LogP contribution in [0.2, 0.25) is 0 Å². The predicted octanol–water partition coefficient (Wildman–Crippen LogP) is 2.86. The lowest BCUT2D eigenvalue weighted by Crippen LogP contribution is -2.33. The molecule has 0 aliphatic heterocycles. The van der Waals surface area contributed by atoms with E-state index >= 15 is 0 Å². The summed E-state index contributed by atoms with van der Waals surface area (Å²) in [6.45, 7) is 7.17. The second-order valence-electron chi connectivity index (χ2n) is 4.86. The molecule has 0 aliphatic rings. The molecule has 3 nitrogen and oxygen atoms in total. The number of benzene rings is 1. The molecular weight excluding hydrogens is 214 g/mol. The summed E-state index contributed by atoms with van der Waals surface area (Å²) in [6, 6.07) is 7.62. The van der Waals surface area contributed by atoms with Crippen LogP contribution in [0.3, 0.4) is 0 Å². The van der Waals surface area contributed by atoms with E-state index in [4.69, 9.17) is 5.11 Å². The highest BCUT2D eigenvalue weighted by Crippen LogP contribution is 2.15. The first-order valence-electron chi connectivity index (χ1n) is 5.95. The van der Waals surface area contributed by atoms with Crippen LogP contribution >= 0.6 is 0 Å². The number of rotatable bonds is 5. The maximum atomic E-state index is 11.1. The van der Waals surface area contributed by atoms with E-state index in [1.165, 1.54) is 0 Å². The SMILES string of the molecule is CC(C)C(C)N(C)Cc1ccccc1C(=O)O. The van der Waals surface area contributed by atoms with Gasteiger partial charge in [-0.15, -0.1) is 0 Å². The minimum atomic E-state index is -0.855. The Labute approximate surface area is 103 Å². The molecule has 1 N–H and O–H groups in total. The van der Waals surface area contributed by atoms with Crippen LogP contribution in [0.4, 0.5) is 0 Å². The first-order valence-corrected chi connectivity index (χ1v) is 5.95. The Kier molecular flexibility index (Phi) is 4.70. The van der Waals surface area contributed by atoms with Gasteiger partial charge in [-0.05, 0) is 31.5 Å². The molecule has 3 heteroatoms. The average Bonchev–Trinajstić information content (AvgIpc) is 2.28. The van der Waals surface area contributed by atoms with Crippen molar-refractivity contribution in [3.8, 4) is 0 Å². The van der Waals surface area contributed by atoms with Crippen LogP contribution in [0.25, 0.3) is 0 Å². The molecular formula is C14H21NO2. The standard InChI is InChI=1S/C14H21NO2/c1-10(2)11(3)15(4)9-12-7-5-6-8-13(12)14(16)17/h5-8,10-11H,9H2,1-4H3,(H,16,17). The third-order valence-corrected chi connectivity index (χ3v) is 3.33. The Morgan fingerprint density at radius 3 is 2.41 bits per heavy atom. The van der Waals surface area contributed by atoms with Gasteiger partial charge in [0.15, 0.2) is 0 Å². The fourth-order valence-corrected chi connectivity index (χ4v) is 1.79. The molecule has 1 atom stereocenters. The van der Waals surface area contributed by atoms with Gasteiger partial charge in [0.25, 0.3) is 0 Å². The van der Waals surface area contributed by atoms with Gasteiger partial charge in [0.05, 0.1) is 5.56 Å². The molecule has 0 amide bonds. The molecule has 0 aliphatic carbocycles.